The van der Waals surface area contributed by atoms with Gasteiger partial charge in [-0.05, 0) is 13.8 Å². The quantitative estimate of drug-likeness (QED) is 0.547. The fourth-order valence-corrected chi connectivity index (χ4v) is 2.53. The van der Waals surface area contributed by atoms with Crippen LogP contribution in [0.2, 0.25) is 0 Å². The second kappa shape index (κ2) is 5.20. The molecule has 0 fully saturated rings. The highest BCUT2D eigenvalue weighted by molar-refractivity contribution is 6.23. The van der Waals surface area contributed by atoms with Crippen LogP contribution in [0.15, 0.2) is 23.0 Å². The molecule has 0 radical (unpaired) electrons. The summed E-state index contributed by atoms with van der Waals surface area (Å²) in [5.74, 6) is -1.38. The van der Waals surface area contributed by atoms with Crippen molar-refractivity contribution in [3.8, 4) is 0 Å². The van der Waals surface area contributed by atoms with Crippen LogP contribution < -0.4 is 0 Å². The van der Waals surface area contributed by atoms with Gasteiger partial charge in [-0.3, -0.25) is 14.4 Å². The monoisotopic (exact) mass is 280 g/mol. The van der Waals surface area contributed by atoms with Gasteiger partial charge in [0.25, 0.3) is 0 Å². The number of ketones is 2. The maximum absolute atomic E-state index is 12.4. The number of hydrogen-bond donors (Lipinski definition) is 0. The van der Waals surface area contributed by atoms with E-state index < -0.39 is 30.1 Å². The van der Waals surface area contributed by atoms with Gasteiger partial charge in [-0.2, -0.15) is 0 Å². The molecule has 1 aliphatic carbocycles. The van der Waals surface area contributed by atoms with Crippen LogP contribution in [0.3, 0.4) is 0 Å². The highest BCUT2D eigenvalue weighted by Crippen LogP contribution is 2.34. The number of carbonyl (C=O) groups is 3. The molecule has 1 heterocycles. The first-order valence-electron chi connectivity index (χ1n) is 6.28. The molecule has 0 unspecified atom stereocenters. The maximum atomic E-state index is 12.4. The summed E-state index contributed by atoms with van der Waals surface area (Å²) in [5.41, 5.74) is 0.399. The minimum absolute atomic E-state index is 0.0489. The Kier molecular flexibility index (Phi) is 3.76. The number of Topliss-reactive ketones (excluding diaryl/α,β-unsaturated/α-hetero) is 1. The molecule has 0 saturated heterocycles. The van der Waals surface area contributed by atoms with Crippen molar-refractivity contribution < 1.29 is 28.6 Å². The Bertz CT molecular complexity index is 542. The average molecular weight is 280 g/mol. The van der Waals surface area contributed by atoms with E-state index in [4.69, 9.17) is 14.2 Å². The van der Waals surface area contributed by atoms with E-state index in [0.29, 0.717) is 0 Å². The van der Waals surface area contributed by atoms with Crippen molar-refractivity contribution in [2.45, 2.75) is 39.1 Å². The Hall–Kier alpha value is -1.95. The fourth-order valence-electron chi connectivity index (χ4n) is 2.53. The molecule has 2 aliphatic rings. The SMILES string of the molecule is COC1=CC(=O)C2=C(C1=O)[C@H](OC(C)=O)[C@@H](C)O[C@@H]2C. The van der Waals surface area contributed by atoms with Gasteiger partial charge in [0.1, 0.15) is 0 Å². The van der Waals surface area contributed by atoms with E-state index in [-0.39, 0.29) is 22.7 Å². The van der Waals surface area contributed by atoms with E-state index in [1.54, 1.807) is 13.8 Å². The van der Waals surface area contributed by atoms with Crippen molar-refractivity contribution in [3.05, 3.63) is 23.0 Å². The van der Waals surface area contributed by atoms with Crippen molar-refractivity contribution in [1.29, 1.82) is 0 Å². The van der Waals surface area contributed by atoms with Crippen LogP contribution in [-0.2, 0) is 28.6 Å². The van der Waals surface area contributed by atoms with Gasteiger partial charge in [0.05, 0.1) is 24.9 Å². The van der Waals surface area contributed by atoms with Crippen molar-refractivity contribution in [2.75, 3.05) is 7.11 Å². The van der Waals surface area contributed by atoms with Crippen LogP contribution in [0.5, 0.6) is 0 Å². The molecule has 6 heteroatoms. The Balaban J connectivity index is 2.53. The van der Waals surface area contributed by atoms with Crippen molar-refractivity contribution in [1.82, 2.24) is 0 Å². The maximum Gasteiger partial charge on any atom is 0.303 e. The molecule has 1 aliphatic heterocycles. The predicted octanol–water partition coefficient (Wildman–Crippen LogP) is 0.704. The molecule has 3 atom stereocenters. The summed E-state index contributed by atoms with van der Waals surface area (Å²) < 4.78 is 15.7. The number of carbonyl (C=O) groups excluding carboxylic acids is 3. The van der Waals surface area contributed by atoms with Gasteiger partial charge in [0.15, 0.2) is 17.6 Å². The lowest BCUT2D eigenvalue weighted by molar-refractivity contribution is -0.156. The number of esters is 1. The third-order valence-electron chi connectivity index (χ3n) is 3.34. The van der Waals surface area contributed by atoms with Crippen molar-refractivity contribution in [3.63, 3.8) is 0 Å². The molecule has 0 aromatic heterocycles. The van der Waals surface area contributed by atoms with E-state index >= 15 is 0 Å². The summed E-state index contributed by atoms with van der Waals surface area (Å²) in [6.07, 6.45) is -0.797. The first-order chi connectivity index (χ1) is 9.36. The third kappa shape index (κ3) is 2.27. The number of allylic oxidation sites excluding steroid dienone is 2. The Morgan fingerprint density at radius 3 is 2.45 bits per heavy atom. The zero-order valence-electron chi connectivity index (χ0n) is 11.8. The molecular weight excluding hydrogens is 264 g/mol. The number of rotatable bonds is 2. The minimum atomic E-state index is -0.894. The lowest BCUT2D eigenvalue weighted by Gasteiger charge is -2.36. The topological polar surface area (TPSA) is 78.9 Å². The number of hydrogen-bond acceptors (Lipinski definition) is 6. The highest BCUT2D eigenvalue weighted by Gasteiger charge is 2.44. The Morgan fingerprint density at radius 2 is 1.90 bits per heavy atom. The zero-order chi connectivity index (χ0) is 15.0. The van der Waals surface area contributed by atoms with E-state index in [1.807, 2.05) is 0 Å². The molecule has 0 aromatic carbocycles. The molecule has 6 nitrogen and oxygen atoms in total. The average Bonchev–Trinajstić information content (AvgIpc) is 2.36. The van der Waals surface area contributed by atoms with Gasteiger partial charge in [-0.1, -0.05) is 0 Å². The van der Waals surface area contributed by atoms with Gasteiger partial charge < -0.3 is 14.2 Å². The molecule has 20 heavy (non-hydrogen) atoms. The minimum Gasteiger partial charge on any atom is -0.493 e. The largest absolute Gasteiger partial charge is 0.493 e. The third-order valence-corrected chi connectivity index (χ3v) is 3.34. The second-order valence-electron chi connectivity index (χ2n) is 4.75. The van der Waals surface area contributed by atoms with Crippen LogP contribution in [0.1, 0.15) is 20.8 Å². The van der Waals surface area contributed by atoms with Gasteiger partial charge in [0, 0.05) is 18.6 Å². The summed E-state index contributed by atoms with van der Waals surface area (Å²) in [6, 6.07) is 0. The molecule has 0 N–H and O–H groups in total. The molecule has 0 aromatic rings. The van der Waals surface area contributed by atoms with E-state index in [0.717, 1.165) is 6.08 Å². The van der Waals surface area contributed by atoms with Gasteiger partial charge in [-0.25, -0.2) is 0 Å². The lowest BCUT2D eigenvalue weighted by Crippen LogP contribution is -2.46. The summed E-state index contributed by atoms with van der Waals surface area (Å²) in [5, 5.41) is 0. The molecular formula is C14H16O6. The van der Waals surface area contributed by atoms with Gasteiger partial charge in [0.2, 0.25) is 5.78 Å². The Labute approximate surface area is 116 Å². The van der Waals surface area contributed by atoms with Crippen LogP contribution >= 0.6 is 0 Å². The summed E-state index contributed by atoms with van der Waals surface area (Å²) in [4.78, 5) is 35.7. The molecule has 0 bridgehead atoms. The fraction of sp³-hybridized carbons (Fsp3) is 0.500. The number of ether oxygens (including phenoxy) is 3. The predicted molar refractivity (Wildman–Crippen MR) is 67.7 cm³/mol. The van der Waals surface area contributed by atoms with Crippen LogP contribution in [-0.4, -0.2) is 43.0 Å². The van der Waals surface area contributed by atoms with E-state index in [2.05, 4.69) is 0 Å². The molecule has 2 rings (SSSR count). The zero-order valence-corrected chi connectivity index (χ0v) is 11.8. The van der Waals surface area contributed by atoms with Crippen LogP contribution in [0.25, 0.3) is 0 Å². The summed E-state index contributed by atoms with van der Waals surface area (Å²) in [6.45, 7) is 4.62. The first kappa shape index (κ1) is 14.5. The van der Waals surface area contributed by atoms with Gasteiger partial charge in [-0.15, -0.1) is 0 Å². The molecule has 0 amide bonds. The first-order valence-corrected chi connectivity index (χ1v) is 6.28. The molecule has 0 spiro atoms. The van der Waals surface area contributed by atoms with E-state index in [1.165, 1.54) is 14.0 Å². The highest BCUT2D eigenvalue weighted by atomic mass is 16.6. The van der Waals surface area contributed by atoms with Crippen molar-refractivity contribution in [2.24, 2.45) is 0 Å². The molecule has 0 saturated carbocycles. The lowest BCUT2D eigenvalue weighted by atomic mass is 9.83. The summed E-state index contributed by atoms with van der Waals surface area (Å²) in [7, 11) is 1.32. The van der Waals surface area contributed by atoms with Crippen LogP contribution in [0, 0.1) is 0 Å². The second-order valence-corrected chi connectivity index (χ2v) is 4.75. The van der Waals surface area contributed by atoms with Gasteiger partial charge >= 0.3 is 5.97 Å². The Morgan fingerprint density at radius 1 is 1.25 bits per heavy atom. The molecule has 108 valence electrons. The van der Waals surface area contributed by atoms with E-state index in [9.17, 15) is 14.4 Å². The van der Waals surface area contributed by atoms with Crippen LogP contribution in [0.4, 0.5) is 0 Å². The smallest absolute Gasteiger partial charge is 0.303 e. The normalized spacial score (nSPS) is 29.8. The summed E-state index contributed by atoms with van der Waals surface area (Å²) >= 11 is 0. The number of methoxy groups -OCH3 is 1. The van der Waals surface area contributed by atoms with Crippen molar-refractivity contribution >= 4 is 17.5 Å². The standard InChI is InChI=1S/C14H16O6/c1-6-11-9(16)5-10(18-4)13(17)12(11)14(7(2)19-6)20-8(3)15/h5-7,14H,1-4H3/t6-,7-,14-/m1/s1.